The molecule has 0 spiro atoms. The first-order chi connectivity index (χ1) is 6.95. The molecule has 1 saturated carbocycles. The maximum Gasteiger partial charge on any atom is 0.0137 e. The standard InChI is InChI=1S/C12H22N2/c1-2-4-12(3-1)14-10-7-11-5-8-13-9-6-11/h5,12-14H,1-4,6-10H2. The summed E-state index contributed by atoms with van der Waals surface area (Å²) in [7, 11) is 0. The van der Waals surface area contributed by atoms with Gasteiger partial charge in [0.15, 0.2) is 0 Å². The molecule has 14 heavy (non-hydrogen) atoms. The van der Waals surface area contributed by atoms with E-state index in [1.165, 1.54) is 51.6 Å². The van der Waals surface area contributed by atoms with Crippen LogP contribution in [0.2, 0.25) is 0 Å². The maximum atomic E-state index is 3.67. The van der Waals surface area contributed by atoms with Gasteiger partial charge in [-0.2, -0.15) is 0 Å². The molecule has 0 aromatic rings. The summed E-state index contributed by atoms with van der Waals surface area (Å²) in [5.74, 6) is 0. The van der Waals surface area contributed by atoms with E-state index >= 15 is 0 Å². The molecule has 2 rings (SSSR count). The number of hydrogen-bond donors (Lipinski definition) is 2. The zero-order chi connectivity index (χ0) is 9.64. The SMILES string of the molecule is C1=C(CCNC2CCCC2)CCNC1. The van der Waals surface area contributed by atoms with Crippen molar-refractivity contribution in [3.63, 3.8) is 0 Å². The molecule has 0 aromatic carbocycles. The Morgan fingerprint density at radius 3 is 2.93 bits per heavy atom. The van der Waals surface area contributed by atoms with E-state index in [1.807, 2.05) is 0 Å². The van der Waals surface area contributed by atoms with E-state index in [4.69, 9.17) is 0 Å². The van der Waals surface area contributed by atoms with Crippen molar-refractivity contribution in [2.24, 2.45) is 0 Å². The highest BCUT2D eigenvalue weighted by Crippen LogP contribution is 2.18. The van der Waals surface area contributed by atoms with Crippen LogP contribution in [0.5, 0.6) is 0 Å². The van der Waals surface area contributed by atoms with Gasteiger partial charge in [-0.1, -0.05) is 24.5 Å². The van der Waals surface area contributed by atoms with Crippen molar-refractivity contribution < 1.29 is 0 Å². The minimum atomic E-state index is 0.831. The minimum Gasteiger partial charge on any atom is -0.314 e. The number of rotatable bonds is 4. The van der Waals surface area contributed by atoms with Crippen molar-refractivity contribution in [2.75, 3.05) is 19.6 Å². The lowest BCUT2D eigenvalue weighted by Gasteiger charge is -2.16. The second-order valence-corrected chi connectivity index (χ2v) is 4.50. The van der Waals surface area contributed by atoms with Crippen LogP contribution in [-0.2, 0) is 0 Å². The Labute approximate surface area is 87.2 Å². The summed E-state index contributed by atoms with van der Waals surface area (Å²) in [6.45, 7) is 3.45. The Hall–Kier alpha value is -0.340. The largest absolute Gasteiger partial charge is 0.314 e. The lowest BCUT2D eigenvalue weighted by Crippen LogP contribution is -2.28. The molecule has 0 radical (unpaired) electrons. The minimum absolute atomic E-state index is 0.831. The predicted molar refractivity (Wildman–Crippen MR) is 60.4 cm³/mol. The van der Waals surface area contributed by atoms with Gasteiger partial charge in [-0.3, -0.25) is 0 Å². The molecule has 80 valence electrons. The van der Waals surface area contributed by atoms with Crippen molar-refractivity contribution in [3.8, 4) is 0 Å². The first-order valence-corrected chi connectivity index (χ1v) is 6.07. The van der Waals surface area contributed by atoms with Crippen LogP contribution >= 0.6 is 0 Å². The Balaban J connectivity index is 1.59. The van der Waals surface area contributed by atoms with Gasteiger partial charge in [0.25, 0.3) is 0 Å². The quantitative estimate of drug-likeness (QED) is 0.667. The highest BCUT2D eigenvalue weighted by molar-refractivity contribution is 5.07. The molecular weight excluding hydrogens is 172 g/mol. The van der Waals surface area contributed by atoms with Gasteiger partial charge < -0.3 is 10.6 Å². The summed E-state index contributed by atoms with van der Waals surface area (Å²) >= 11 is 0. The van der Waals surface area contributed by atoms with Crippen molar-refractivity contribution in [1.82, 2.24) is 10.6 Å². The van der Waals surface area contributed by atoms with E-state index in [9.17, 15) is 0 Å². The predicted octanol–water partition coefficient (Wildman–Crippen LogP) is 1.83. The van der Waals surface area contributed by atoms with Gasteiger partial charge in [-0.05, 0) is 38.8 Å². The first-order valence-electron chi connectivity index (χ1n) is 6.07. The summed E-state index contributed by atoms with van der Waals surface area (Å²) in [4.78, 5) is 0. The van der Waals surface area contributed by atoms with Crippen LogP contribution in [0.25, 0.3) is 0 Å². The van der Waals surface area contributed by atoms with Crippen LogP contribution in [0, 0.1) is 0 Å². The molecule has 0 bridgehead atoms. The molecule has 0 saturated heterocycles. The Kier molecular flexibility index (Phi) is 4.02. The van der Waals surface area contributed by atoms with Crippen molar-refractivity contribution in [1.29, 1.82) is 0 Å². The summed E-state index contributed by atoms with van der Waals surface area (Å²) < 4.78 is 0. The third-order valence-electron chi connectivity index (χ3n) is 3.39. The van der Waals surface area contributed by atoms with Crippen LogP contribution < -0.4 is 10.6 Å². The average Bonchev–Trinajstić information content (AvgIpc) is 2.72. The number of nitrogens with one attached hydrogen (secondary N) is 2. The molecule has 1 aliphatic carbocycles. The highest BCUT2D eigenvalue weighted by Gasteiger charge is 2.13. The van der Waals surface area contributed by atoms with Crippen LogP contribution in [0.15, 0.2) is 11.6 Å². The molecule has 2 heteroatoms. The van der Waals surface area contributed by atoms with Crippen LogP contribution in [0.3, 0.4) is 0 Å². The molecule has 0 aromatic heterocycles. The molecule has 0 unspecified atom stereocenters. The number of hydrogen-bond acceptors (Lipinski definition) is 2. The molecule has 0 amide bonds. The topological polar surface area (TPSA) is 24.1 Å². The Morgan fingerprint density at radius 1 is 1.36 bits per heavy atom. The highest BCUT2D eigenvalue weighted by atomic mass is 14.9. The zero-order valence-electron chi connectivity index (χ0n) is 9.02. The Morgan fingerprint density at radius 2 is 2.21 bits per heavy atom. The molecule has 2 N–H and O–H groups in total. The second kappa shape index (κ2) is 5.52. The molecule has 2 nitrogen and oxygen atoms in total. The van der Waals surface area contributed by atoms with Crippen LogP contribution in [-0.4, -0.2) is 25.7 Å². The Bertz CT molecular complexity index is 192. The molecule has 1 fully saturated rings. The third kappa shape index (κ3) is 3.10. The lowest BCUT2D eigenvalue weighted by atomic mass is 10.1. The van der Waals surface area contributed by atoms with Crippen molar-refractivity contribution in [2.45, 2.75) is 44.6 Å². The smallest absolute Gasteiger partial charge is 0.0137 e. The van der Waals surface area contributed by atoms with Gasteiger partial charge >= 0.3 is 0 Å². The van der Waals surface area contributed by atoms with Gasteiger partial charge in [-0.15, -0.1) is 0 Å². The van der Waals surface area contributed by atoms with Crippen LogP contribution in [0.1, 0.15) is 38.5 Å². The van der Waals surface area contributed by atoms with E-state index in [1.54, 1.807) is 5.57 Å². The second-order valence-electron chi connectivity index (χ2n) is 4.50. The van der Waals surface area contributed by atoms with Crippen molar-refractivity contribution in [3.05, 3.63) is 11.6 Å². The molecule has 0 atom stereocenters. The summed E-state index contributed by atoms with van der Waals surface area (Å²) in [5.41, 5.74) is 1.65. The third-order valence-corrected chi connectivity index (χ3v) is 3.39. The molecular formula is C12H22N2. The van der Waals surface area contributed by atoms with E-state index in [-0.39, 0.29) is 0 Å². The lowest BCUT2D eigenvalue weighted by molar-refractivity contribution is 0.521. The van der Waals surface area contributed by atoms with E-state index in [0.717, 1.165) is 12.6 Å². The summed E-state index contributed by atoms with van der Waals surface area (Å²) in [5, 5.41) is 7.02. The zero-order valence-corrected chi connectivity index (χ0v) is 9.02. The maximum absolute atomic E-state index is 3.67. The van der Waals surface area contributed by atoms with E-state index < -0.39 is 0 Å². The van der Waals surface area contributed by atoms with Gasteiger partial charge in [0.2, 0.25) is 0 Å². The van der Waals surface area contributed by atoms with Gasteiger partial charge in [0.1, 0.15) is 0 Å². The molecule has 1 heterocycles. The van der Waals surface area contributed by atoms with Gasteiger partial charge in [-0.25, -0.2) is 0 Å². The molecule has 1 aliphatic heterocycles. The van der Waals surface area contributed by atoms with E-state index in [2.05, 4.69) is 16.7 Å². The van der Waals surface area contributed by atoms with Crippen LogP contribution in [0.4, 0.5) is 0 Å². The van der Waals surface area contributed by atoms with E-state index in [0.29, 0.717) is 0 Å². The first kappa shape index (κ1) is 10.2. The van der Waals surface area contributed by atoms with Gasteiger partial charge in [0, 0.05) is 12.6 Å². The summed E-state index contributed by atoms with van der Waals surface area (Å²) in [6.07, 6.45) is 10.6. The summed E-state index contributed by atoms with van der Waals surface area (Å²) in [6, 6.07) is 0.831. The monoisotopic (exact) mass is 194 g/mol. The fourth-order valence-corrected chi connectivity index (χ4v) is 2.46. The molecule has 2 aliphatic rings. The van der Waals surface area contributed by atoms with Gasteiger partial charge in [0.05, 0.1) is 0 Å². The van der Waals surface area contributed by atoms with Crippen molar-refractivity contribution >= 4 is 0 Å². The normalized spacial score (nSPS) is 23.9. The average molecular weight is 194 g/mol. The fraction of sp³-hybridized carbons (Fsp3) is 0.833. The fourth-order valence-electron chi connectivity index (χ4n) is 2.46.